The van der Waals surface area contributed by atoms with Crippen molar-refractivity contribution >= 4 is 0 Å². The summed E-state index contributed by atoms with van der Waals surface area (Å²) in [5.41, 5.74) is 0. The van der Waals surface area contributed by atoms with Gasteiger partial charge < -0.3 is 30.6 Å². The van der Waals surface area contributed by atoms with Crippen LogP contribution in [0.2, 0.25) is 0 Å². The molecule has 6 heteroatoms. The van der Waals surface area contributed by atoms with E-state index in [1.54, 1.807) is 6.92 Å². The van der Waals surface area contributed by atoms with Crippen LogP contribution in [0.4, 0.5) is 0 Å². The van der Waals surface area contributed by atoms with Crippen molar-refractivity contribution in [2.24, 2.45) is 0 Å². The van der Waals surface area contributed by atoms with Crippen LogP contribution in [-0.2, 0) is 0 Å². The van der Waals surface area contributed by atoms with Crippen molar-refractivity contribution in [1.29, 1.82) is 0 Å². The van der Waals surface area contributed by atoms with Crippen molar-refractivity contribution in [1.82, 2.24) is 0 Å². The number of hydrogen-bond acceptors (Lipinski definition) is 6. The molecule has 0 aromatic carbocycles. The van der Waals surface area contributed by atoms with Crippen molar-refractivity contribution in [3.63, 3.8) is 0 Å². The van der Waals surface area contributed by atoms with Gasteiger partial charge in [-0.05, 0) is 32.6 Å². The average molecular weight is 282 g/mol. The highest BCUT2D eigenvalue weighted by Gasteiger charge is 2.14. The molecule has 0 saturated carbocycles. The van der Waals surface area contributed by atoms with Gasteiger partial charge in [0.25, 0.3) is 0 Å². The summed E-state index contributed by atoms with van der Waals surface area (Å²) in [6, 6.07) is 0. The van der Waals surface area contributed by atoms with E-state index in [1.807, 2.05) is 0 Å². The Bertz CT molecular complexity index is 165. The van der Waals surface area contributed by atoms with Crippen molar-refractivity contribution in [2.75, 3.05) is 19.8 Å². The van der Waals surface area contributed by atoms with Crippen LogP contribution in [-0.4, -0.2) is 68.8 Å². The average Bonchev–Trinajstić information content (AvgIpc) is 2.35. The number of aliphatic hydroxyl groups excluding tert-OH is 6. The van der Waals surface area contributed by atoms with E-state index in [1.165, 1.54) is 0 Å². The van der Waals surface area contributed by atoms with Gasteiger partial charge >= 0.3 is 0 Å². The lowest BCUT2D eigenvalue weighted by Gasteiger charge is -2.16. The number of rotatable bonds is 10. The summed E-state index contributed by atoms with van der Waals surface area (Å²) in [6.45, 7) is 1.80. The first kappa shape index (κ1) is 21.1. The predicted octanol–water partition coefficient (Wildman–Crippen LogP) is -0.607. The Morgan fingerprint density at radius 3 is 1.53 bits per heavy atom. The lowest BCUT2D eigenvalue weighted by atomic mass is 10.0. The third-order valence-electron chi connectivity index (χ3n) is 2.57. The maximum Gasteiger partial charge on any atom is 0.0820 e. The molecule has 0 spiro atoms. The number of aliphatic hydroxyl groups is 6. The molecule has 0 aliphatic rings. The maximum absolute atomic E-state index is 9.32. The third kappa shape index (κ3) is 17.8. The van der Waals surface area contributed by atoms with Crippen LogP contribution in [0.25, 0.3) is 0 Å². The van der Waals surface area contributed by atoms with Gasteiger partial charge in [0.05, 0.1) is 18.3 Å². The second-order valence-corrected chi connectivity index (χ2v) is 4.58. The first-order valence-corrected chi connectivity index (χ1v) is 6.86. The molecule has 0 amide bonds. The first-order valence-electron chi connectivity index (χ1n) is 6.86. The van der Waals surface area contributed by atoms with E-state index < -0.39 is 12.2 Å². The lowest BCUT2D eigenvalue weighted by Crippen LogP contribution is -2.26. The Hall–Kier alpha value is -0.240. The molecule has 0 saturated heterocycles. The third-order valence-corrected chi connectivity index (χ3v) is 2.57. The second kappa shape index (κ2) is 15.8. The fraction of sp³-hybridized carbons (Fsp3) is 1.00. The van der Waals surface area contributed by atoms with Gasteiger partial charge in [0.15, 0.2) is 0 Å². The number of hydrogen-bond donors (Lipinski definition) is 6. The van der Waals surface area contributed by atoms with Gasteiger partial charge in [-0.15, -0.1) is 0 Å². The Labute approximate surface area is 115 Å². The van der Waals surface area contributed by atoms with Gasteiger partial charge in [0.1, 0.15) is 0 Å². The molecule has 0 heterocycles. The normalized spacial score (nSPS) is 15.3. The molecular weight excluding hydrogens is 252 g/mol. The quantitative estimate of drug-likeness (QED) is 0.297. The van der Waals surface area contributed by atoms with Crippen molar-refractivity contribution in [2.45, 2.75) is 63.8 Å². The summed E-state index contributed by atoms with van der Waals surface area (Å²) in [6.07, 6.45) is 1.72. The molecule has 19 heavy (non-hydrogen) atoms. The molecule has 0 radical (unpaired) electrons. The van der Waals surface area contributed by atoms with E-state index in [-0.39, 0.29) is 32.3 Å². The van der Waals surface area contributed by atoms with Crippen LogP contribution in [0.5, 0.6) is 0 Å². The largest absolute Gasteiger partial charge is 0.396 e. The number of unbranched alkanes of at least 4 members (excludes halogenated alkanes) is 2. The van der Waals surface area contributed by atoms with Crippen LogP contribution < -0.4 is 0 Å². The van der Waals surface area contributed by atoms with E-state index in [9.17, 15) is 10.2 Å². The van der Waals surface area contributed by atoms with E-state index in [0.717, 1.165) is 19.3 Å². The maximum atomic E-state index is 9.32. The summed E-state index contributed by atoms with van der Waals surface area (Å²) in [5.74, 6) is 0. The topological polar surface area (TPSA) is 121 Å². The monoisotopic (exact) mass is 282 g/mol. The first-order chi connectivity index (χ1) is 8.99. The summed E-state index contributed by atoms with van der Waals surface area (Å²) in [4.78, 5) is 0. The molecule has 3 atom stereocenters. The molecule has 0 aromatic heterocycles. The molecule has 118 valence electrons. The minimum absolute atomic E-state index is 0.0810. The van der Waals surface area contributed by atoms with Crippen molar-refractivity contribution < 1.29 is 30.6 Å². The highest BCUT2D eigenvalue weighted by atomic mass is 16.3. The Morgan fingerprint density at radius 1 is 0.632 bits per heavy atom. The minimum atomic E-state index is -0.820. The molecule has 0 aliphatic heterocycles. The molecular formula is C13H30O6. The van der Waals surface area contributed by atoms with Gasteiger partial charge in [-0.2, -0.15) is 0 Å². The predicted molar refractivity (Wildman–Crippen MR) is 72.7 cm³/mol. The van der Waals surface area contributed by atoms with Gasteiger partial charge in [-0.3, -0.25) is 0 Å². The fourth-order valence-corrected chi connectivity index (χ4v) is 1.35. The summed E-state index contributed by atoms with van der Waals surface area (Å²) in [5, 5.41) is 52.0. The second-order valence-electron chi connectivity index (χ2n) is 4.58. The van der Waals surface area contributed by atoms with E-state index in [0.29, 0.717) is 12.8 Å². The fourth-order valence-electron chi connectivity index (χ4n) is 1.35. The Balaban J connectivity index is 0. The standard InChI is InChI=1S/C9H20O4.C4H10O2/c10-6-3-1-2-4-8(12)9(13)5-7-11;1-4(6)2-3-5/h8-13H,1-7H2;4-6H,2-3H2,1H3. The van der Waals surface area contributed by atoms with Crippen LogP contribution in [0.15, 0.2) is 0 Å². The molecule has 0 aliphatic carbocycles. The highest BCUT2D eigenvalue weighted by molar-refractivity contribution is 4.66. The van der Waals surface area contributed by atoms with E-state index in [2.05, 4.69) is 0 Å². The summed E-state index contributed by atoms with van der Waals surface area (Å²) in [7, 11) is 0. The zero-order valence-corrected chi connectivity index (χ0v) is 11.8. The van der Waals surface area contributed by atoms with Crippen molar-refractivity contribution in [3.8, 4) is 0 Å². The molecule has 6 nitrogen and oxygen atoms in total. The zero-order chi connectivity index (χ0) is 15.1. The van der Waals surface area contributed by atoms with Gasteiger partial charge in [-0.25, -0.2) is 0 Å². The lowest BCUT2D eigenvalue weighted by molar-refractivity contribution is -0.000208. The molecule has 3 unspecified atom stereocenters. The molecule has 6 N–H and O–H groups in total. The van der Waals surface area contributed by atoms with Crippen molar-refractivity contribution in [3.05, 3.63) is 0 Å². The van der Waals surface area contributed by atoms with E-state index >= 15 is 0 Å². The highest BCUT2D eigenvalue weighted by Crippen LogP contribution is 2.08. The van der Waals surface area contributed by atoms with Crippen LogP contribution in [0.3, 0.4) is 0 Å². The smallest absolute Gasteiger partial charge is 0.0820 e. The van der Waals surface area contributed by atoms with Gasteiger partial charge in [0.2, 0.25) is 0 Å². The summed E-state index contributed by atoms with van der Waals surface area (Å²) < 4.78 is 0. The molecule has 0 fully saturated rings. The SMILES string of the molecule is CC(O)CCO.OCCCCCC(O)C(O)CCO. The Kier molecular flexibility index (Phi) is 17.5. The van der Waals surface area contributed by atoms with Crippen LogP contribution in [0, 0.1) is 0 Å². The van der Waals surface area contributed by atoms with Crippen LogP contribution in [0.1, 0.15) is 45.4 Å². The van der Waals surface area contributed by atoms with Gasteiger partial charge in [-0.1, -0.05) is 12.8 Å². The van der Waals surface area contributed by atoms with Crippen LogP contribution >= 0.6 is 0 Å². The zero-order valence-electron chi connectivity index (χ0n) is 11.8. The molecule has 0 bridgehead atoms. The Morgan fingerprint density at radius 2 is 1.16 bits per heavy atom. The summed E-state index contributed by atoms with van der Waals surface area (Å²) >= 11 is 0. The van der Waals surface area contributed by atoms with E-state index in [4.69, 9.17) is 20.4 Å². The molecule has 0 rings (SSSR count). The van der Waals surface area contributed by atoms with Gasteiger partial charge in [0, 0.05) is 19.8 Å². The molecule has 0 aromatic rings. The minimum Gasteiger partial charge on any atom is -0.396 e.